The fourth-order valence-electron chi connectivity index (χ4n) is 2.45. The minimum absolute atomic E-state index is 0.0437. The second kappa shape index (κ2) is 9.18. The van der Waals surface area contributed by atoms with Crippen molar-refractivity contribution in [3.8, 4) is 0 Å². The third-order valence-corrected chi connectivity index (χ3v) is 3.80. The highest BCUT2D eigenvalue weighted by Crippen LogP contribution is 2.27. The predicted molar refractivity (Wildman–Crippen MR) is 95.9 cm³/mol. The monoisotopic (exact) mass is 377 g/mol. The van der Waals surface area contributed by atoms with Crippen LogP contribution in [0.25, 0.3) is 0 Å². The molecule has 27 heavy (non-hydrogen) atoms. The zero-order chi connectivity index (χ0) is 20.0. The predicted octanol–water partition coefficient (Wildman–Crippen LogP) is 1.89. The van der Waals surface area contributed by atoms with E-state index in [1.54, 1.807) is 24.3 Å². The van der Waals surface area contributed by atoms with Crippen LogP contribution in [0.5, 0.6) is 0 Å². The van der Waals surface area contributed by atoms with E-state index in [-0.39, 0.29) is 30.5 Å². The number of rotatable bonds is 6. The van der Waals surface area contributed by atoms with Gasteiger partial charge in [-0.2, -0.15) is 0 Å². The van der Waals surface area contributed by atoms with Crippen LogP contribution in [0, 0.1) is 5.92 Å². The molecule has 1 heterocycles. The van der Waals surface area contributed by atoms with Crippen LogP contribution in [0.3, 0.4) is 0 Å². The van der Waals surface area contributed by atoms with Gasteiger partial charge in [0, 0.05) is 5.69 Å². The first kappa shape index (κ1) is 20.4. The first-order chi connectivity index (χ1) is 12.9. The van der Waals surface area contributed by atoms with E-state index in [0.717, 1.165) is 0 Å². The Kier molecular flexibility index (Phi) is 6.95. The molecule has 8 heteroatoms. The number of carbonyl (C=O) groups is 3. The first-order valence-electron chi connectivity index (χ1n) is 8.41. The lowest BCUT2D eigenvalue weighted by molar-refractivity contribution is -0.140. The van der Waals surface area contributed by atoms with Gasteiger partial charge in [-0.25, -0.2) is 14.4 Å². The van der Waals surface area contributed by atoms with E-state index in [9.17, 15) is 14.4 Å². The van der Waals surface area contributed by atoms with Crippen LogP contribution in [0.4, 0.5) is 5.69 Å². The Morgan fingerprint density at radius 3 is 2.22 bits per heavy atom. The largest absolute Gasteiger partial charge is 0.466 e. The SMILES string of the molecule is COC(=O)C1=C(C(=O)OC)N(c2ccc(C(=O)OCC(C)C)cc2)COC1. The Morgan fingerprint density at radius 1 is 1.04 bits per heavy atom. The Hall–Kier alpha value is -2.87. The highest BCUT2D eigenvalue weighted by Gasteiger charge is 2.32. The minimum Gasteiger partial charge on any atom is -0.466 e. The molecule has 0 atom stereocenters. The summed E-state index contributed by atoms with van der Waals surface area (Å²) in [6.07, 6.45) is 0. The summed E-state index contributed by atoms with van der Waals surface area (Å²) >= 11 is 0. The van der Waals surface area contributed by atoms with Gasteiger partial charge in [-0.1, -0.05) is 13.8 Å². The first-order valence-corrected chi connectivity index (χ1v) is 8.41. The average molecular weight is 377 g/mol. The number of carbonyl (C=O) groups excluding carboxylic acids is 3. The van der Waals surface area contributed by atoms with Crippen molar-refractivity contribution in [1.82, 2.24) is 0 Å². The molecule has 1 aliphatic heterocycles. The maximum atomic E-state index is 12.2. The lowest BCUT2D eigenvalue weighted by Crippen LogP contribution is -2.38. The molecule has 0 bridgehead atoms. The van der Waals surface area contributed by atoms with E-state index in [1.807, 2.05) is 13.8 Å². The summed E-state index contributed by atoms with van der Waals surface area (Å²) in [6.45, 7) is 4.21. The van der Waals surface area contributed by atoms with E-state index in [2.05, 4.69) is 0 Å². The molecule has 0 spiro atoms. The summed E-state index contributed by atoms with van der Waals surface area (Å²) in [5.41, 5.74) is 1.05. The van der Waals surface area contributed by atoms with Crippen molar-refractivity contribution >= 4 is 23.6 Å². The lowest BCUT2D eigenvalue weighted by atomic mass is 10.1. The summed E-state index contributed by atoms with van der Waals surface area (Å²) in [7, 11) is 2.45. The zero-order valence-electron chi connectivity index (χ0n) is 15.8. The van der Waals surface area contributed by atoms with Crippen LogP contribution in [0.15, 0.2) is 35.5 Å². The highest BCUT2D eigenvalue weighted by molar-refractivity contribution is 6.03. The van der Waals surface area contributed by atoms with E-state index in [4.69, 9.17) is 18.9 Å². The molecule has 0 saturated carbocycles. The third-order valence-electron chi connectivity index (χ3n) is 3.80. The van der Waals surface area contributed by atoms with Crippen LogP contribution in [-0.4, -0.2) is 52.1 Å². The maximum Gasteiger partial charge on any atom is 0.355 e. The van der Waals surface area contributed by atoms with E-state index in [1.165, 1.54) is 19.1 Å². The van der Waals surface area contributed by atoms with Crippen LogP contribution >= 0.6 is 0 Å². The Morgan fingerprint density at radius 2 is 1.67 bits per heavy atom. The quantitative estimate of drug-likeness (QED) is 0.548. The van der Waals surface area contributed by atoms with Crippen LogP contribution in [0.1, 0.15) is 24.2 Å². The summed E-state index contributed by atoms with van der Waals surface area (Å²) in [4.78, 5) is 37.8. The van der Waals surface area contributed by atoms with Gasteiger partial charge in [0.05, 0.1) is 38.6 Å². The van der Waals surface area contributed by atoms with Gasteiger partial charge in [-0.05, 0) is 30.2 Å². The number of esters is 3. The molecular weight excluding hydrogens is 354 g/mol. The lowest BCUT2D eigenvalue weighted by Gasteiger charge is -2.31. The topological polar surface area (TPSA) is 91.4 Å². The van der Waals surface area contributed by atoms with Gasteiger partial charge >= 0.3 is 17.9 Å². The number of nitrogens with zero attached hydrogens (tertiary/aromatic N) is 1. The molecule has 0 aliphatic carbocycles. The number of anilines is 1. The van der Waals surface area contributed by atoms with E-state index >= 15 is 0 Å². The summed E-state index contributed by atoms with van der Waals surface area (Å²) in [6, 6.07) is 6.44. The van der Waals surface area contributed by atoms with Crippen molar-refractivity contribution in [2.75, 3.05) is 39.1 Å². The Balaban J connectivity index is 2.31. The summed E-state index contributed by atoms with van der Waals surface area (Å²) in [5.74, 6) is -1.54. The third kappa shape index (κ3) is 4.85. The van der Waals surface area contributed by atoms with Crippen molar-refractivity contribution in [3.05, 3.63) is 41.1 Å². The van der Waals surface area contributed by atoms with Crippen LogP contribution < -0.4 is 4.90 Å². The van der Waals surface area contributed by atoms with Crippen molar-refractivity contribution in [1.29, 1.82) is 0 Å². The number of hydrogen-bond acceptors (Lipinski definition) is 8. The standard InChI is InChI=1S/C19H23NO7/c1-12(2)9-27-17(21)13-5-7-14(8-6-13)20-11-26-10-15(18(22)24-3)16(20)19(23)25-4/h5-8,12H,9-11H2,1-4H3. The molecule has 0 amide bonds. The molecular formula is C19H23NO7. The molecule has 1 aromatic rings. The molecule has 8 nitrogen and oxygen atoms in total. The van der Waals surface area contributed by atoms with Crippen LogP contribution in [-0.2, 0) is 28.5 Å². The molecule has 0 radical (unpaired) electrons. The average Bonchev–Trinajstić information content (AvgIpc) is 2.70. The smallest absolute Gasteiger partial charge is 0.355 e. The van der Waals surface area contributed by atoms with Crippen molar-refractivity contribution in [3.63, 3.8) is 0 Å². The molecule has 146 valence electrons. The number of hydrogen-bond donors (Lipinski definition) is 0. The Labute approximate surface area is 157 Å². The summed E-state index contributed by atoms with van der Waals surface area (Å²) < 4.78 is 20.1. The van der Waals surface area contributed by atoms with Gasteiger partial charge in [-0.3, -0.25) is 0 Å². The molecule has 0 fully saturated rings. The molecule has 2 rings (SSSR count). The van der Waals surface area contributed by atoms with E-state index < -0.39 is 17.9 Å². The number of benzene rings is 1. The molecule has 0 saturated heterocycles. The number of methoxy groups -OCH3 is 2. The minimum atomic E-state index is -0.681. The van der Waals surface area contributed by atoms with Gasteiger partial charge in [0.15, 0.2) is 0 Å². The van der Waals surface area contributed by atoms with Crippen molar-refractivity contribution in [2.24, 2.45) is 5.92 Å². The zero-order valence-corrected chi connectivity index (χ0v) is 15.8. The normalized spacial score (nSPS) is 14.2. The summed E-state index contributed by atoms with van der Waals surface area (Å²) in [5, 5.41) is 0. The molecule has 1 aliphatic rings. The molecule has 0 unspecified atom stereocenters. The Bertz CT molecular complexity index is 737. The maximum absolute atomic E-state index is 12.2. The molecule has 1 aromatic carbocycles. The number of ether oxygens (including phenoxy) is 4. The van der Waals surface area contributed by atoms with Crippen molar-refractivity contribution < 1.29 is 33.3 Å². The fraction of sp³-hybridized carbons (Fsp3) is 0.421. The highest BCUT2D eigenvalue weighted by atomic mass is 16.5. The molecule has 0 N–H and O–H groups in total. The van der Waals surface area contributed by atoms with Gasteiger partial charge < -0.3 is 23.8 Å². The van der Waals surface area contributed by atoms with Gasteiger partial charge in [0.1, 0.15) is 12.4 Å². The van der Waals surface area contributed by atoms with Crippen molar-refractivity contribution in [2.45, 2.75) is 13.8 Å². The second-order valence-electron chi connectivity index (χ2n) is 6.26. The van der Waals surface area contributed by atoms with Gasteiger partial charge in [0.2, 0.25) is 0 Å². The molecule has 0 aromatic heterocycles. The second-order valence-corrected chi connectivity index (χ2v) is 6.26. The van der Waals surface area contributed by atoms with E-state index in [0.29, 0.717) is 17.9 Å². The van der Waals surface area contributed by atoms with Gasteiger partial charge in [-0.15, -0.1) is 0 Å². The van der Waals surface area contributed by atoms with Crippen LogP contribution in [0.2, 0.25) is 0 Å². The van der Waals surface area contributed by atoms with Gasteiger partial charge in [0.25, 0.3) is 0 Å². The fourth-order valence-corrected chi connectivity index (χ4v) is 2.45.